The van der Waals surface area contributed by atoms with E-state index in [1.54, 1.807) is 6.07 Å². The summed E-state index contributed by atoms with van der Waals surface area (Å²) in [5.74, 6) is 0. The van der Waals surface area contributed by atoms with Crippen molar-refractivity contribution in [1.82, 2.24) is 4.98 Å². The highest BCUT2D eigenvalue weighted by molar-refractivity contribution is 6.38. The molecule has 0 aliphatic rings. The van der Waals surface area contributed by atoms with E-state index in [-0.39, 0.29) is 6.61 Å². The third kappa shape index (κ3) is 1.61. The summed E-state index contributed by atoms with van der Waals surface area (Å²) in [4.78, 5) is 3.07. The normalized spacial score (nSPS) is 11.1. The predicted molar refractivity (Wildman–Crippen MR) is 59.1 cm³/mol. The topological polar surface area (TPSA) is 36.0 Å². The molecule has 1 aromatic carbocycles. The lowest BCUT2D eigenvalue weighted by molar-refractivity contribution is 0.300. The summed E-state index contributed by atoms with van der Waals surface area (Å²) in [5.41, 5.74) is 1.93. The number of aliphatic hydroxyl groups excluding tert-OH is 1. The minimum absolute atomic E-state index is 0.117. The van der Waals surface area contributed by atoms with Crippen molar-refractivity contribution < 1.29 is 5.11 Å². The van der Waals surface area contributed by atoms with Crippen LogP contribution in [-0.4, -0.2) is 16.7 Å². The Hall–Kier alpha value is -0.700. The molecule has 2 nitrogen and oxygen atoms in total. The number of halogens is 2. The van der Waals surface area contributed by atoms with E-state index in [9.17, 15) is 0 Å². The van der Waals surface area contributed by atoms with Crippen molar-refractivity contribution in [3.8, 4) is 0 Å². The summed E-state index contributed by atoms with van der Waals surface area (Å²) in [7, 11) is 0. The maximum atomic E-state index is 8.86. The maximum absolute atomic E-state index is 8.86. The molecular formula is C10H9Cl2NO. The molecule has 0 saturated carbocycles. The maximum Gasteiger partial charge on any atom is 0.0517 e. The third-order valence-electron chi connectivity index (χ3n) is 2.16. The zero-order valence-corrected chi connectivity index (χ0v) is 8.86. The molecule has 0 aliphatic heterocycles. The number of aromatic amines is 1. The number of aromatic nitrogens is 1. The Labute approximate surface area is 91.5 Å². The average Bonchev–Trinajstić information content (AvgIpc) is 2.49. The van der Waals surface area contributed by atoms with Crippen molar-refractivity contribution in [3.05, 3.63) is 33.9 Å². The van der Waals surface area contributed by atoms with Crippen LogP contribution in [0.5, 0.6) is 0 Å². The number of benzene rings is 1. The fourth-order valence-corrected chi connectivity index (χ4v) is 2.18. The van der Waals surface area contributed by atoms with Gasteiger partial charge >= 0.3 is 0 Å². The molecule has 2 rings (SSSR count). The Bertz CT molecular complexity index is 464. The standard InChI is InChI=1S/C10H9Cl2NO/c11-7-3-8(12)10-6(1-2-14)5-13-9(10)4-7/h3-5,13-14H,1-2H2. The van der Waals surface area contributed by atoms with Crippen molar-refractivity contribution in [2.24, 2.45) is 0 Å². The van der Waals surface area contributed by atoms with Gasteiger partial charge in [-0.15, -0.1) is 0 Å². The zero-order valence-electron chi connectivity index (χ0n) is 7.35. The Kier molecular flexibility index (Phi) is 2.68. The van der Waals surface area contributed by atoms with Crippen LogP contribution in [0.15, 0.2) is 18.3 Å². The molecule has 1 aromatic heterocycles. The molecule has 0 saturated heterocycles. The molecule has 0 radical (unpaired) electrons. The first-order chi connectivity index (χ1) is 6.72. The van der Waals surface area contributed by atoms with Gasteiger partial charge in [0.25, 0.3) is 0 Å². The number of rotatable bonds is 2. The van der Waals surface area contributed by atoms with Crippen molar-refractivity contribution in [3.63, 3.8) is 0 Å². The summed E-state index contributed by atoms with van der Waals surface area (Å²) in [6, 6.07) is 3.53. The smallest absolute Gasteiger partial charge is 0.0517 e. The van der Waals surface area contributed by atoms with E-state index >= 15 is 0 Å². The van der Waals surface area contributed by atoms with E-state index in [0.29, 0.717) is 16.5 Å². The lowest BCUT2D eigenvalue weighted by atomic mass is 10.1. The number of hydrogen-bond acceptors (Lipinski definition) is 1. The SMILES string of the molecule is OCCc1c[nH]c2cc(Cl)cc(Cl)c12. The van der Waals surface area contributed by atoms with Crippen LogP contribution in [0.2, 0.25) is 10.0 Å². The monoisotopic (exact) mass is 229 g/mol. The third-order valence-corrected chi connectivity index (χ3v) is 2.68. The number of aliphatic hydroxyl groups is 1. The molecule has 2 N–H and O–H groups in total. The van der Waals surface area contributed by atoms with Crippen LogP contribution in [0.4, 0.5) is 0 Å². The predicted octanol–water partition coefficient (Wildman–Crippen LogP) is 3.01. The van der Waals surface area contributed by atoms with Gasteiger partial charge in [0, 0.05) is 28.7 Å². The van der Waals surface area contributed by atoms with Crippen molar-refractivity contribution in [2.75, 3.05) is 6.61 Å². The Balaban J connectivity index is 2.66. The molecule has 0 aliphatic carbocycles. The highest BCUT2D eigenvalue weighted by atomic mass is 35.5. The second-order valence-electron chi connectivity index (χ2n) is 3.10. The molecular weight excluding hydrogens is 221 g/mol. The number of fused-ring (bicyclic) bond motifs is 1. The molecule has 14 heavy (non-hydrogen) atoms. The van der Waals surface area contributed by atoms with Crippen LogP contribution in [0.1, 0.15) is 5.56 Å². The molecule has 0 bridgehead atoms. The zero-order chi connectivity index (χ0) is 10.1. The summed E-state index contributed by atoms with van der Waals surface area (Å²) in [6.45, 7) is 0.117. The van der Waals surface area contributed by atoms with Gasteiger partial charge in [0.05, 0.1) is 5.02 Å². The quantitative estimate of drug-likeness (QED) is 0.817. The molecule has 2 aromatic rings. The minimum Gasteiger partial charge on any atom is -0.396 e. The second-order valence-corrected chi connectivity index (χ2v) is 3.94. The van der Waals surface area contributed by atoms with Gasteiger partial charge in [-0.25, -0.2) is 0 Å². The van der Waals surface area contributed by atoms with E-state index in [0.717, 1.165) is 16.5 Å². The van der Waals surface area contributed by atoms with Gasteiger partial charge in [-0.3, -0.25) is 0 Å². The Morgan fingerprint density at radius 2 is 2.07 bits per heavy atom. The molecule has 74 valence electrons. The van der Waals surface area contributed by atoms with E-state index < -0.39 is 0 Å². The van der Waals surface area contributed by atoms with Gasteiger partial charge in [-0.1, -0.05) is 23.2 Å². The van der Waals surface area contributed by atoms with Crippen LogP contribution in [-0.2, 0) is 6.42 Å². The molecule has 0 spiro atoms. The van der Waals surface area contributed by atoms with Crippen LogP contribution in [0.25, 0.3) is 10.9 Å². The highest BCUT2D eigenvalue weighted by Gasteiger charge is 2.08. The van der Waals surface area contributed by atoms with Gasteiger partial charge in [-0.2, -0.15) is 0 Å². The van der Waals surface area contributed by atoms with Crippen molar-refractivity contribution in [2.45, 2.75) is 6.42 Å². The largest absolute Gasteiger partial charge is 0.396 e. The lowest BCUT2D eigenvalue weighted by Crippen LogP contribution is -1.88. The van der Waals surface area contributed by atoms with Gasteiger partial charge in [0.1, 0.15) is 0 Å². The minimum atomic E-state index is 0.117. The summed E-state index contributed by atoms with van der Waals surface area (Å²) in [5, 5.41) is 11.0. The van der Waals surface area contributed by atoms with E-state index in [1.807, 2.05) is 12.3 Å². The highest BCUT2D eigenvalue weighted by Crippen LogP contribution is 2.30. The van der Waals surface area contributed by atoms with Crippen LogP contribution >= 0.6 is 23.2 Å². The van der Waals surface area contributed by atoms with Crippen molar-refractivity contribution in [1.29, 1.82) is 0 Å². The summed E-state index contributed by atoms with van der Waals surface area (Å²) in [6.07, 6.45) is 2.45. The fourth-order valence-electron chi connectivity index (χ4n) is 1.57. The first-order valence-electron chi connectivity index (χ1n) is 4.28. The molecule has 4 heteroatoms. The Morgan fingerprint density at radius 3 is 2.79 bits per heavy atom. The summed E-state index contributed by atoms with van der Waals surface area (Å²) < 4.78 is 0. The molecule has 0 atom stereocenters. The van der Waals surface area contributed by atoms with Gasteiger partial charge < -0.3 is 10.1 Å². The van der Waals surface area contributed by atoms with Gasteiger partial charge in [0.15, 0.2) is 0 Å². The molecule has 0 fully saturated rings. The molecule has 1 heterocycles. The number of nitrogens with one attached hydrogen (secondary N) is 1. The second kappa shape index (κ2) is 3.81. The molecule has 0 unspecified atom stereocenters. The summed E-state index contributed by atoms with van der Waals surface area (Å²) >= 11 is 11.9. The van der Waals surface area contributed by atoms with Gasteiger partial charge in [-0.05, 0) is 24.1 Å². The van der Waals surface area contributed by atoms with E-state index in [1.165, 1.54) is 0 Å². The lowest BCUT2D eigenvalue weighted by Gasteiger charge is -1.99. The van der Waals surface area contributed by atoms with Crippen LogP contribution in [0.3, 0.4) is 0 Å². The first-order valence-corrected chi connectivity index (χ1v) is 5.04. The fraction of sp³-hybridized carbons (Fsp3) is 0.200. The average molecular weight is 230 g/mol. The van der Waals surface area contributed by atoms with E-state index in [2.05, 4.69) is 4.98 Å². The Morgan fingerprint density at radius 1 is 1.29 bits per heavy atom. The van der Waals surface area contributed by atoms with Gasteiger partial charge in [0.2, 0.25) is 0 Å². The first kappa shape index (κ1) is 9.84. The van der Waals surface area contributed by atoms with Crippen LogP contribution in [0, 0.1) is 0 Å². The van der Waals surface area contributed by atoms with Crippen LogP contribution < -0.4 is 0 Å². The molecule has 0 amide bonds. The number of H-pyrrole nitrogens is 1. The van der Waals surface area contributed by atoms with Crippen molar-refractivity contribution >= 4 is 34.1 Å². The number of hydrogen-bond donors (Lipinski definition) is 2. The van der Waals surface area contributed by atoms with E-state index in [4.69, 9.17) is 28.3 Å².